The summed E-state index contributed by atoms with van der Waals surface area (Å²) < 4.78 is 0. The molecule has 0 rings (SSSR count). The van der Waals surface area contributed by atoms with Crippen LogP contribution in [0.1, 0.15) is 78.1 Å². The fourth-order valence-corrected chi connectivity index (χ4v) is 2.62. The van der Waals surface area contributed by atoms with Crippen molar-refractivity contribution in [1.82, 2.24) is 0 Å². The summed E-state index contributed by atoms with van der Waals surface area (Å²) >= 11 is 0. The number of unbranched alkanes of at least 4 members (excludes halogenated alkanes) is 5. The Bertz CT molecular complexity index is 285. The maximum absolute atomic E-state index is 11.3. The third kappa shape index (κ3) is 8.67. The number of hydrogen-bond donors (Lipinski definition) is 2. The predicted molar refractivity (Wildman–Crippen MR) is 77.4 cm³/mol. The smallest absolute Gasteiger partial charge is 0.301 e. The topological polar surface area (TPSA) is 93.1 Å². The maximum atomic E-state index is 11.3. The van der Waals surface area contributed by atoms with Crippen LogP contribution in [0.15, 0.2) is 0 Å². The molecule has 124 valence electrons. The Morgan fingerprint density at radius 1 is 0.857 bits per heavy atom. The van der Waals surface area contributed by atoms with Crippen molar-refractivity contribution < 1.29 is 29.9 Å². The monoisotopic (exact) mass is 304 g/mol. The minimum atomic E-state index is -0.770. The van der Waals surface area contributed by atoms with E-state index in [9.17, 15) is 9.59 Å². The summed E-state index contributed by atoms with van der Waals surface area (Å²) in [5.41, 5.74) is -0.635. The van der Waals surface area contributed by atoms with Crippen LogP contribution >= 0.6 is 0 Å². The lowest BCUT2D eigenvalue weighted by Gasteiger charge is -2.30. The molecule has 0 saturated carbocycles. The van der Waals surface area contributed by atoms with Gasteiger partial charge in [-0.15, -0.1) is 0 Å². The second-order valence-corrected chi connectivity index (χ2v) is 5.65. The van der Waals surface area contributed by atoms with Crippen molar-refractivity contribution in [1.29, 1.82) is 0 Å². The molecule has 0 amide bonds. The second kappa shape index (κ2) is 11.5. The zero-order valence-corrected chi connectivity index (χ0v) is 13.1. The van der Waals surface area contributed by atoms with Gasteiger partial charge in [0.25, 0.3) is 0 Å². The maximum Gasteiger partial charge on any atom is 0.342 e. The van der Waals surface area contributed by atoms with E-state index in [1.54, 1.807) is 0 Å². The SMILES string of the molecule is CCCCCCCCC(CC)(CC(=O)OO)CC(=O)OO. The molecule has 0 atom stereocenters. The molecule has 0 aromatic carbocycles. The Balaban J connectivity index is 4.47. The molecule has 0 unspecified atom stereocenters. The fourth-order valence-electron chi connectivity index (χ4n) is 2.62. The first kappa shape index (κ1) is 19.9. The summed E-state index contributed by atoms with van der Waals surface area (Å²) in [6.07, 6.45) is 7.71. The molecule has 0 aliphatic heterocycles. The van der Waals surface area contributed by atoms with Gasteiger partial charge in [0.1, 0.15) is 0 Å². The molecule has 6 heteroatoms. The highest BCUT2D eigenvalue weighted by Crippen LogP contribution is 2.37. The lowest BCUT2D eigenvalue weighted by Crippen LogP contribution is -2.28. The van der Waals surface area contributed by atoms with Crippen molar-refractivity contribution in [3.05, 3.63) is 0 Å². The first-order chi connectivity index (χ1) is 10.0. The van der Waals surface area contributed by atoms with Crippen LogP contribution < -0.4 is 0 Å². The van der Waals surface area contributed by atoms with Crippen molar-refractivity contribution >= 4 is 11.9 Å². The average Bonchev–Trinajstić information content (AvgIpc) is 2.50. The van der Waals surface area contributed by atoms with Gasteiger partial charge in [0.15, 0.2) is 0 Å². The zero-order chi connectivity index (χ0) is 16.1. The molecule has 0 aromatic heterocycles. The van der Waals surface area contributed by atoms with Gasteiger partial charge < -0.3 is 9.78 Å². The van der Waals surface area contributed by atoms with E-state index < -0.39 is 17.4 Å². The summed E-state index contributed by atoms with van der Waals surface area (Å²) in [6, 6.07) is 0. The van der Waals surface area contributed by atoms with Crippen molar-refractivity contribution in [3.63, 3.8) is 0 Å². The van der Waals surface area contributed by atoms with E-state index in [-0.39, 0.29) is 12.8 Å². The van der Waals surface area contributed by atoms with E-state index in [0.717, 1.165) is 19.3 Å². The normalized spacial score (nSPS) is 11.2. The number of carbonyl (C=O) groups is 2. The molecule has 0 aliphatic rings. The molecular formula is C15H28O6. The van der Waals surface area contributed by atoms with Crippen LogP contribution in [0.4, 0.5) is 0 Å². The largest absolute Gasteiger partial charge is 0.342 e. The molecule has 0 fully saturated rings. The molecule has 0 heterocycles. The summed E-state index contributed by atoms with van der Waals surface area (Å²) in [7, 11) is 0. The van der Waals surface area contributed by atoms with Crippen LogP contribution in [-0.2, 0) is 19.4 Å². The van der Waals surface area contributed by atoms with Gasteiger partial charge in [0, 0.05) is 0 Å². The van der Waals surface area contributed by atoms with Crippen molar-refractivity contribution in [2.75, 3.05) is 0 Å². The van der Waals surface area contributed by atoms with E-state index in [4.69, 9.17) is 10.5 Å². The third-order valence-corrected chi connectivity index (χ3v) is 4.05. The minimum absolute atomic E-state index is 0.0654. The van der Waals surface area contributed by atoms with Gasteiger partial charge in [-0.05, 0) is 18.3 Å². The average molecular weight is 304 g/mol. The summed E-state index contributed by atoms with van der Waals surface area (Å²) in [4.78, 5) is 30.1. The van der Waals surface area contributed by atoms with Gasteiger partial charge in [0.05, 0.1) is 12.8 Å². The molecule has 0 aromatic rings. The highest BCUT2D eigenvalue weighted by atomic mass is 17.1. The number of rotatable bonds is 12. The first-order valence-electron chi connectivity index (χ1n) is 7.72. The quantitative estimate of drug-likeness (QED) is 0.322. The van der Waals surface area contributed by atoms with Crippen LogP contribution in [0.5, 0.6) is 0 Å². The Hall–Kier alpha value is -1.14. The molecule has 0 radical (unpaired) electrons. The van der Waals surface area contributed by atoms with E-state index in [0.29, 0.717) is 12.8 Å². The Morgan fingerprint density at radius 2 is 1.33 bits per heavy atom. The van der Waals surface area contributed by atoms with Crippen LogP contribution in [0.2, 0.25) is 0 Å². The highest BCUT2D eigenvalue weighted by molar-refractivity contribution is 5.73. The molecule has 6 nitrogen and oxygen atoms in total. The molecule has 0 aliphatic carbocycles. The van der Waals surface area contributed by atoms with Crippen molar-refractivity contribution in [3.8, 4) is 0 Å². The highest BCUT2D eigenvalue weighted by Gasteiger charge is 2.35. The molecule has 0 spiro atoms. The predicted octanol–water partition coefficient (Wildman–Crippen LogP) is 3.95. The summed E-state index contributed by atoms with van der Waals surface area (Å²) in [6.45, 7) is 4.02. The summed E-state index contributed by atoms with van der Waals surface area (Å²) in [5, 5.41) is 16.9. The van der Waals surface area contributed by atoms with Gasteiger partial charge in [-0.2, -0.15) is 10.5 Å². The molecule has 21 heavy (non-hydrogen) atoms. The number of hydrogen-bond acceptors (Lipinski definition) is 6. The Labute approximate surface area is 126 Å². The van der Waals surface area contributed by atoms with E-state index in [2.05, 4.69) is 16.7 Å². The number of carbonyl (C=O) groups excluding carboxylic acids is 2. The Kier molecular flexibility index (Phi) is 10.9. The zero-order valence-electron chi connectivity index (χ0n) is 13.1. The van der Waals surface area contributed by atoms with Crippen molar-refractivity contribution in [2.45, 2.75) is 78.1 Å². The van der Waals surface area contributed by atoms with Gasteiger partial charge in [-0.1, -0.05) is 52.4 Å². The molecule has 0 saturated heterocycles. The van der Waals surface area contributed by atoms with Crippen LogP contribution in [0.3, 0.4) is 0 Å². The fraction of sp³-hybridized carbons (Fsp3) is 0.867. The molecule has 2 N–H and O–H groups in total. The first-order valence-corrected chi connectivity index (χ1v) is 7.72. The van der Waals surface area contributed by atoms with Gasteiger partial charge in [0.2, 0.25) is 0 Å². The van der Waals surface area contributed by atoms with Gasteiger partial charge in [-0.3, -0.25) is 0 Å². The van der Waals surface area contributed by atoms with Gasteiger partial charge >= 0.3 is 11.9 Å². The standard InChI is InChI=1S/C15H28O6/c1-3-5-6-7-8-9-10-15(4-2,11-13(16)20-18)12-14(17)21-19/h18-19H,3-12H2,1-2H3. The van der Waals surface area contributed by atoms with Gasteiger partial charge in [-0.25, -0.2) is 9.59 Å². The minimum Gasteiger partial charge on any atom is -0.301 e. The van der Waals surface area contributed by atoms with E-state index >= 15 is 0 Å². The third-order valence-electron chi connectivity index (χ3n) is 4.05. The van der Waals surface area contributed by atoms with E-state index in [1.807, 2.05) is 6.92 Å². The van der Waals surface area contributed by atoms with Crippen molar-refractivity contribution in [2.24, 2.45) is 5.41 Å². The second-order valence-electron chi connectivity index (χ2n) is 5.65. The van der Waals surface area contributed by atoms with Crippen LogP contribution in [0, 0.1) is 5.41 Å². The Morgan fingerprint density at radius 3 is 1.76 bits per heavy atom. The lowest BCUT2D eigenvalue weighted by molar-refractivity contribution is -0.241. The summed E-state index contributed by atoms with van der Waals surface area (Å²) in [5.74, 6) is -1.54. The van der Waals surface area contributed by atoms with Crippen LogP contribution in [0.25, 0.3) is 0 Å². The molecular weight excluding hydrogens is 276 g/mol. The van der Waals surface area contributed by atoms with E-state index in [1.165, 1.54) is 19.3 Å². The molecule has 0 bridgehead atoms. The lowest BCUT2D eigenvalue weighted by atomic mass is 9.74. The van der Waals surface area contributed by atoms with Crippen LogP contribution in [-0.4, -0.2) is 22.5 Å².